The van der Waals surface area contributed by atoms with E-state index in [4.69, 9.17) is 4.74 Å². The predicted molar refractivity (Wildman–Crippen MR) is 88.9 cm³/mol. The zero-order valence-electron chi connectivity index (χ0n) is 13.8. The number of benzene rings is 1. The van der Waals surface area contributed by atoms with E-state index in [-0.39, 0.29) is 0 Å². The number of rotatable bonds is 8. The van der Waals surface area contributed by atoms with Crippen LogP contribution in [0, 0.1) is 0 Å². The first kappa shape index (κ1) is 16.3. The Bertz CT molecular complexity index is 398. The smallest absolute Gasteiger partial charge is 0.118 e. The number of likely N-dealkylation sites (N-methyl/N-ethyl adjacent to an activating group) is 1. The van der Waals surface area contributed by atoms with Gasteiger partial charge in [0.1, 0.15) is 5.75 Å². The summed E-state index contributed by atoms with van der Waals surface area (Å²) in [4.78, 5) is 2.55. The van der Waals surface area contributed by atoms with Crippen molar-refractivity contribution in [2.45, 2.75) is 51.1 Å². The maximum absolute atomic E-state index is 5.26. The second-order valence-electron chi connectivity index (χ2n) is 6.16. The van der Waals surface area contributed by atoms with Gasteiger partial charge in [0.15, 0.2) is 0 Å². The number of hydrogen-bond acceptors (Lipinski definition) is 3. The monoisotopic (exact) mass is 290 g/mol. The fourth-order valence-electron chi connectivity index (χ4n) is 3.22. The van der Waals surface area contributed by atoms with Crippen LogP contribution in [0.5, 0.6) is 5.75 Å². The predicted octanol–water partition coefficient (Wildman–Crippen LogP) is 3.61. The Balaban J connectivity index is 2.01. The van der Waals surface area contributed by atoms with E-state index in [1.807, 2.05) is 0 Å². The first-order valence-electron chi connectivity index (χ1n) is 8.32. The molecular weight excluding hydrogens is 260 g/mol. The summed E-state index contributed by atoms with van der Waals surface area (Å²) in [7, 11) is 4.00. The zero-order chi connectivity index (χ0) is 15.1. The van der Waals surface area contributed by atoms with E-state index < -0.39 is 0 Å². The molecule has 0 amide bonds. The highest BCUT2D eigenvalue weighted by atomic mass is 16.5. The van der Waals surface area contributed by atoms with Gasteiger partial charge in [0.2, 0.25) is 0 Å². The molecule has 118 valence electrons. The second kappa shape index (κ2) is 8.40. The lowest BCUT2D eigenvalue weighted by atomic mass is 10.0. The molecule has 0 radical (unpaired) electrons. The normalized spacial score (nSPS) is 17.3. The molecule has 0 spiro atoms. The number of ether oxygens (including phenoxy) is 1. The van der Waals surface area contributed by atoms with Crippen LogP contribution >= 0.6 is 0 Å². The maximum atomic E-state index is 5.26. The lowest BCUT2D eigenvalue weighted by molar-refractivity contribution is 0.219. The molecular formula is C18H30N2O. The van der Waals surface area contributed by atoms with Crippen LogP contribution in [0.1, 0.15) is 50.6 Å². The molecule has 1 aromatic rings. The third-order valence-electron chi connectivity index (χ3n) is 4.58. The third kappa shape index (κ3) is 4.72. The summed E-state index contributed by atoms with van der Waals surface area (Å²) in [5, 5.41) is 3.70. The Labute approximate surface area is 129 Å². The zero-order valence-corrected chi connectivity index (χ0v) is 13.8. The van der Waals surface area contributed by atoms with Crippen molar-refractivity contribution >= 4 is 0 Å². The SMILES string of the molecule is CCCNC(CN(C)C1CCCC1)c1ccc(OC)cc1. The summed E-state index contributed by atoms with van der Waals surface area (Å²) >= 11 is 0. The van der Waals surface area contributed by atoms with Crippen molar-refractivity contribution in [3.8, 4) is 5.75 Å². The molecule has 0 saturated heterocycles. The highest BCUT2D eigenvalue weighted by Gasteiger charge is 2.22. The molecule has 2 rings (SSSR count). The Morgan fingerprint density at radius 3 is 2.48 bits per heavy atom. The minimum atomic E-state index is 0.404. The van der Waals surface area contributed by atoms with Crippen LogP contribution in [0.25, 0.3) is 0 Å². The Kier molecular flexibility index (Phi) is 6.52. The van der Waals surface area contributed by atoms with Gasteiger partial charge >= 0.3 is 0 Å². The van der Waals surface area contributed by atoms with Crippen molar-refractivity contribution in [2.75, 3.05) is 27.2 Å². The van der Waals surface area contributed by atoms with Gasteiger partial charge in [-0.3, -0.25) is 0 Å². The minimum absolute atomic E-state index is 0.404. The van der Waals surface area contributed by atoms with Crippen molar-refractivity contribution in [1.82, 2.24) is 10.2 Å². The quantitative estimate of drug-likeness (QED) is 0.791. The molecule has 1 saturated carbocycles. The van der Waals surface area contributed by atoms with Gasteiger partial charge in [-0.1, -0.05) is 31.9 Å². The van der Waals surface area contributed by atoms with E-state index in [1.54, 1.807) is 7.11 Å². The lowest BCUT2D eigenvalue weighted by Crippen LogP contribution is -2.38. The molecule has 3 nitrogen and oxygen atoms in total. The number of methoxy groups -OCH3 is 1. The van der Waals surface area contributed by atoms with Crippen LogP contribution in [0.3, 0.4) is 0 Å². The molecule has 0 aliphatic heterocycles. The molecule has 1 unspecified atom stereocenters. The van der Waals surface area contributed by atoms with Crippen molar-refractivity contribution in [2.24, 2.45) is 0 Å². The standard InChI is InChI=1S/C18H30N2O/c1-4-13-19-18(14-20(2)16-7-5-6-8-16)15-9-11-17(21-3)12-10-15/h9-12,16,18-19H,4-8,13-14H2,1-3H3. The van der Waals surface area contributed by atoms with Crippen molar-refractivity contribution in [3.05, 3.63) is 29.8 Å². The molecule has 1 aliphatic carbocycles. The molecule has 21 heavy (non-hydrogen) atoms. The average Bonchev–Trinajstić information content (AvgIpc) is 3.06. The fraction of sp³-hybridized carbons (Fsp3) is 0.667. The molecule has 0 heterocycles. The van der Waals surface area contributed by atoms with Gasteiger partial charge in [-0.15, -0.1) is 0 Å². The Morgan fingerprint density at radius 2 is 1.90 bits per heavy atom. The summed E-state index contributed by atoms with van der Waals surface area (Å²) in [6.07, 6.45) is 6.67. The van der Waals surface area contributed by atoms with E-state index in [2.05, 4.69) is 48.5 Å². The Morgan fingerprint density at radius 1 is 1.24 bits per heavy atom. The average molecular weight is 290 g/mol. The van der Waals surface area contributed by atoms with Crippen LogP contribution in [-0.2, 0) is 0 Å². The lowest BCUT2D eigenvalue weighted by Gasteiger charge is -2.29. The van der Waals surface area contributed by atoms with E-state index >= 15 is 0 Å². The van der Waals surface area contributed by atoms with Gasteiger partial charge in [-0.05, 0) is 50.6 Å². The minimum Gasteiger partial charge on any atom is -0.497 e. The molecule has 1 aliphatic rings. The van der Waals surface area contributed by atoms with Gasteiger partial charge in [-0.2, -0.15) is 0 Å². The molecule has 1 aromatic carbocycles. The topological polar surface area (TPSA) is 24.5 Å². The largest absolute Gasteiger partial charge is 0.497 e. The van der Waals surface area contributed by atoms with Gasteiger partial charge in [0, 0.05) is 18.6 Å². The highest BCUT2D eigenvalue weighted by Crippen LogP contribution is 2.25. The van der Waals surface area contributed by atoms with Crippen LogP contribution in [0.2, 0.25) is 0 Å². The number of nitrogens with one attached hydrogen (secondary N) is 1. The van der Waals surface area contributed by atoms with E-state index in [0.29, 0.717) is 6.04 Å². The molecule has 1 N–H and O–H groups in total. The Hall–Kier alpha value is -1.06. The van der Waals surface area contributed by atoms with Gasteiger partial charge in [-0.25, -0.2) is 0 Å². The second-order valence-corrected chi connectivity index (χ2v) is 6.16. The van der Waals surface area contributed by atoms with Crippen LogP contribution < -0.4 is 10.1 Å². The maximum Gasteiger partial charge on any atom is 0.118 e. The highest BCUT2D eigenvalue weighted by molar-refractivity contribution is 5.29. The third-order valence-corrected chi connectivity index (χ3v) is 4.58. The molecule has 3 heteroatoms. The van der Waals surface area contributed by atoms with Gasteiger partial charge in [0.25, 0.3) is 0 Å². The van der Waals surface area contributed by atoms with Crippen molar-refractivity contribution in [1.29, 1.82) is 0 Å². The summed E-state index contributed by atoms with van der Waals surface area (Å²) < 4.78 is 5.26. The number of hydrogen-bond donors (Lipinski definition) is 1. The van der Waals surface area contributed by atoms with Crippen molar-refractivity contribution < 1.29 is 4.74 Å². The molecule has 0 bridgehead atoms. The van der Waals surface area contributed by atoms with Crippen molar-refractivity contribution in [3.63, 3.8) is 0 Å². The van der Waals surface area contributed by atoms with Crippen LogP contribution in [0.15, 0.2) is 24.3 Å². The summed E-state index contributed by atoms with van der Waals surface area (Å²) in [6.45, 7) is 4.37. The first-order valence-corrected chi connectivity index (χ1v) is 8.32. The fourth-order valence-corrected chi connectivity index (χ4v) is 3.22. The molecule has 0 aromatic heterocycles. The summed E-state index contributed by atoms with van der Waals surface area (Å²) in [6, 6.07) is 9.68. The van der Waals surface area contributed by atoms with Crippen LogP contribution in [-0.4, -0.2) is 38.2 Å². The van der Waals surface area contributed by atoms with E-state index in [9.17, 15) is 0 Å². The first-order chi connectivity index (χ1) is 10.2. The summed E-state index contributed by atoms with van der Waals surface area (Å²) in [5.74, 6) is 0.928. The summed E-state index contributed by atoms with van der Waals surface area (Å²) in [5.41, 5.74) is 1.36. The van der Waals surface area contributed by atoms with Gasteiger partial charge < -0.3 is 15.0 Å². The number of nitrogens with zero attached hydrogens (tertiary/aromatic N) is 1. The van der Waals surface area contributed by atoms with Gasteiger partial charge in [0.05, 0.1) is 7.11 Å². The van der Waals surface area contributed by atoms with Crippen LogP contribution in [0.4, 0.5) is 0 Å². The molecule has 1 fully saturated rings. The van der Waals surface area contributed by atoms with E-state index in [0.717, 1.165) is 24.9 Å². The van der Waals surface area contributed by atoms with E-state index in [1.165, 1.54) is 37.7 Å². The molecule has 1 atom stereocenters.